The Hall–Kier alpha value is -2.16. The van der Waals surface area contributed by atoms with Crippen molar-refractivity contribution in [3.8, 4) is 0 Å². The molecular formula is C23H24BrClN4O2S. The first kappa shape index (κ1) is 24.5. The van der Waals surface area contributed by atoms with E-state index >= 15 is 0 Å². The third kappa shape index (κ3) is 6.21. The number of rotatable bonds is 9. The molecular weight excluding hydrogens is 512 g/mol. The van der Waals surface area contributed by atoms with Crippen LogP contribution in [0.4, 0.5) is 0 Å². The first-order chi connectivity index (χ1) is 15.3. The highest BCUT2D eigenvalue weighted by Crippen LogP contribution is 2.25. The van der Waals surface area contributed by atoms with E-state index in [9.17, 15) is 9.59 Å². The third-order valence-electron chi connectivity index (χ3n) is 4.81. The lowest BCUT2D eigenvalue weighted by molar-refractivity contribution is 0.0928. The molecule has 3 aromatic rings. The van der Waals surface area contributed by atoms with Crippen LogP contribution >= 0.6 is 39.3 Å². The number of halogens is 2. The monoisotopic (exact) mass is 534 g/mol. The minimum absolute atomic E-state index is 0.0119. The second-order valence-corrected chi connectivity index (χ2v) is 10.0. The standard InChI is InChI=1S/C23H24BrClN4O2S/c1-14(2)12-19(26-22(31)17-6-4-5-7-18(17)25)21-27-28-23(29(21)3)32-13-20(30)15-8-10-16(24)11-9-15/h4-11,14,19H,12-13H2,1-3H3,(H,26,31)/t19-/m0/s1. The van der Waals surface area contributed by atoms with Crippen molar-refractivity contribution in [2.24, 2.45) is 13.0 Å². The number of carbonyl (C=O) groups is 2. The molecule has 6 nitrogen and oxygen atoms in total. The van der Waals surface area contributed by atoms with Gasteiger partial charge in [0.05, 0.1) is 22.4 Å². The number of hydrogen-bond acceptors (Lipinski definition) is 5. The Morgan fingerprint density at radius 3 is 2.47 bits per heavy atom. The fourth-order valence-electron chi connectivity index (χ4n) is 3.19. The van der Waals surface area contributed by atoms with E-state index in [2.05, 4.69) is 45.3 Å². The summed E-state index contributed by atoms with van der Waals surface area (Å²) in [6.07, 6.45) is 0.685. The van der Waals surface area contributed by atoms with Gasteiger partial charge in [-0.3, -0.25) is 9.59 Å². The van der Waals surface area contributed by atoms with Crippen molar-refractivity contribution in [2.45, 2.75) is 31.5 Å². The van der Waals surface area contributed by atoms with Crippen molar-refractivity contribution in [1.82, 2.24) is 20.1 Å². The van der Waals surface area contributed by atoms with Crippen LogP contribution in [0.3, 0.4) is 0 Å². The Kier molecular flexibility index (Phi) is 8.51. The summed E-state index contributed by atoms with van der Waals surface area (Å²) in [5, 5.41) is 12.6. The fourth-order valence-corrected chi connectivity index (χ4v) is 4.48. The normalized spacial score (nSPS) is 12.1. The van der Waals surface area contributed by atoms with Crippen LogP contribution < -0.4 is 5.32 Å². The minimum Gasteiger partial charge on any atom is -0.342 e. The molecule has 0 radical (unpaired) electrons. The lowest BCUT2D eigenvalue weighted by atomic mass is 10.0. The van der Waals surface area contributed by atoms with E-state index in [1.54, 1.807) is 36.4 Å². The summed E-state index contributed by atoms with van der Waals surface area (Å²) in [5.41, 5.74) is 1.06. The van der Waals surface area contributed by atoms with Gasteiger partial charge in [-0.1, -0.05) is 77.4 Å². The lowest BCUT2D eigenvalue weighted by Gasteiger charge is -2.20. The number of carbonyl (C=O) groups excluding carboxylic acids is 2. The van der Waals surface area contributed by atoms with E-state index in [4.69, 9.17) is 11.6 Å². The lowest BCUT2D eigenvalue weighted by Crippen LogP contribution is -2.31. The predicted octanol–water partition coefficient (Wildman–Crippen LogP) is 5.72. The Morgan fingerprint density at radius 1 is 1.12 bits per heavy atom. The summed E-state index contributed by atoms with van der Waals surface area (Å²) < 4.78 is 2.76. The summed E-state index contributed by atoms with van der Waals surface area (Å²) in [7, 11) is 1.84. The molecule has 2 aromatic carbocycles. The van der Waals surface area contributed by atoms with E-state index in [-0.39, 0.29) is 23.5 Å². The topological polar surface area (TPSA) is 76.9 Å². The molecule has 1 amide bonds. The molecule has 0 aliphatic heterocycles. The van der Waals surface area contributed by atoms with Crippen LogP contribution in [-0.4, -0.2) is 32.2 Å². The summed E-state index contributed by atoms with van der Waals surface area (Å²) in [4.78, 5) is 25.3. The van der Waals surface area contributed by atoms with Crippen LogP contribution in [0.1, 0.15) is 52.9 Å². The largest absolute Gasteiger partial charge is 0.342 e. The van der Waals surface area contributed by atoms with Crippen LogP contribution in [0.5, 0.6) is 0 Å². The summed E-state index contributed by atoms with van der Waals surface area (Å²) >= 11 is 10.9. The number of amides is 1. The van der Waals surface area contributed by atoms with Gasteiger partial charge in [0.1, 0.15) is 0 Å². The quantitative estimate of drug-likeness (QED) is 0.280. The molecule has 0 aliphatic rings. The summed E-state index contributed by atoms with van der Waals surface area (Å²) in [5.74, 6) is 0.951. The molecule has 0 spiro atoms. The van der Waals surface area contributed by atoms with Crippen molar-refractivity contribution in [3.63, 3.8) is 0 Å². The molecule has 0 fully saturated rings. The van der Waals surface area contributed by atoms with Crippen LogP contribution in [0, 0.1) is 5.92 Å². The highest BCUT2D eigenvalue weighted by molar-refractivity contribution is 9.10. The Bertz CT molecular complexity index is 1100. The van der Waals surface area contributed by atoms with Gasteiger partial charge in [-0.2, -0.15) is 0 Å². The van der Waals surface area contributed by atoms with Crippen molar-refractivity contribution in [1.29, 1.82) is 0 Å². The predicted molar refractivity (Wildman–Crippen MR) is 131 cm³/mol. The Morgan fingerprint density at radius 2 is 1.81 bits per heavy atom. The van der Waals surface area contributed by atoms with Crippen LogP contribution in [-0.2, 0) is 7.05 Å². The maximum Gasteiger partial charge on any atom is 0.253 e. The van der Waals surface area contributed by atoms with Crippen molar-refractivity contribution in [3.05, 3.63) is 75.0 Å². The molecule has 0 saturated heterocycles. The number of hydrogen-bond donors (Lipinski definition) is 1. The Labute approximate surface area is 205 Å². The van der Waals surface area contributed by atoms with E-state index in [1.807, 2.05) is 23.7 Å². The van der Waals surface area contributed by atoms with Crippen molar-refractivity contribution < 1.29 is 9.59 Å². The number of benzene rings is 2. The zero-order valence-corrected chi connectivity index (χ0v) is 21.2. The van der Waals surface area contributed by atoms with Gasteiger partial charge in [0.15, 0.2) is 16.8 Å². The minimum atomic E-state index is -0.340. The van der Waals surface area contributed by atoms with Gasteiger partial charge in [0.2, 0.25) is 0 Å². The molecule has 32 heavy (non-hydrogen) atoms. The van der Waals surface area contributed by atoms with Gasteiger partial charge in [-0.05, 0) is 36.6 Å². The maximum atomic E-state index is 12.8. The molecule has 1 N–H and O–H groups in total. The van der Waals surface area contributed by atoms with Crippen LogP contribution in [0.2, 0.25) is 5.02 Å². The van der Waals surface area contributed by atoms with Gasteiger partial charge in [0.25, 0.3) is 5.91 Å². The van der Waals surface area contributed by atoms with E-state index in [0.29, 0.717) is 39.5 Å². The summed E-state index contributed by atoms with van der Waals surface area (Å²) in [6.45, 7) is 4.16. The van der Waals surface area contributed by atoms with Gasteiger partial charge in [0, 0.05) is 17.1 Å². The number of ketones is 1. The molecule has 0 unspecified atom stereocenters. The zero-order chi connectivity index (χ0) is 23.3. The van der Waals surface area contributed by atoms with Gasteiger partial charge < -0.3 is 9.88 Å². The Balaban J connectivity index is 1.74. The molecule has 1 heterocycles. The number of nitrogens with zero attached hydrogens (tertiary/aromatic N) is 3. The van der Waals surface area contributed by atoms with Gasteiger partial charge in [-0.25, -0.2) is 0 Å². The molecule has 0 saturated carbocycles. The SMILES string of the molecule is CC(C)C[C@H](NC(=O)c1ccccc1Cl)c1nnc(SCC(=O)c2ccc(Br)cc2)n1C. The zero-order valence-electron chi connectivity index (χ0n) is 18.0. The average Bonchev–Trinajstić information content (AvgIpc) is 3.12. The second kappa shape index (κ2) is 11.1. The molecule has 168 valence electrons. The molecule has 9 heteroatoms. The number of thioether (sulfide) groups is 1. The number of nitrogens with one attached hydrogen (secondary N) is 1. The molecule has 0 bridgehead atoms. The fraction of sp³-hybridized carbons (Fsp3) is 0.304. The van der Waals surface area contributed by atoms with E-state index in [0.717, 1.165) is 4.47 Å². The second-order valence-electron chi connectivity index (χ2n) is 7.75. The van der Waals surface area contributed by atoms with Crippen molar-refractivity contribution >= 4 is 51.0 Å². The highest BCUT2D eigenvalue weighted by Gasteiger charge is 2.24. The van der Waals surface area contributed by atoms with Crippen molar-refractivity contribution in [2.75, 3.05) is 5.75 Å². The van der Waals surface area contributed by atoms with Crippen LogP contribution in [0.15, 0.2) is 58.2 Å². The first-order valence-corrected chi connectivity index (χ1v) is 12.3. The maximum absolute atomic E-state index is 12.8. The smallest absolute Gasteiger partial charge is 0.253 e. The average molecular weight is 536 g/mol. The number of aromatic nitrogens is 3. The first-order valence-electron chi connectivity index (χ1n) is 10.1. The van der Waals surface area contributed by atoms with Gasteiger partial charge >= 0.3 is 0 Å². The molecule has 1 atom stereocenters. The third-order valence-corrected chi connectivity index (χ3v) is 6.69. The number of Topliss-reactive ketones (excluding diaryl/α,β-unsaturated/α-hetero) is 1. The molecule has 0 aliphatic carbocycles. The molecule has 3 rings (SSSR count). The van der Waals surface area contributed by atoms with E-state index < -0.39 is 0 Å². The summed E-state index contributed by atoms with van der Waals surface area (Å²) in [6, 6.07) is 13.9. The highest BCUT2D eigenvalue weighted by atomic mass is 79.9. The van der Waals surface area contributed by atoms with Gasteiger partial charge in [-0.15, -0.1) is 10.2 Å². The van der Waals surface area contributed by atoms with E-state index in [1.165, 1.54) is 11.8 Å². The molecule has 1 aromatic heterocycles. The van der Waals surface area contributed by atoms with Crippen LogP contribution in [0.25, 0.3) is 0 Å².